The molecule has 0 saturated carbocycles. The second-order valence-corrected chi connectivity index (χ2v) is 20.2. The summed E-state index contributed by atoms with van der Waals surface area (Å²) >= 11 is 0. The van der Waals surface area contributed by atoms with Crippen LogP contribution in [0.1, 0.15) is 44.5 Å². The molecule has 0 saturated heterocycles. The average molecular weight is 1150 g/mol. The van der Waals surface area contributed by atoms with Gasteiger partial charge >= 0.3 is 12.4 Å². The lowest BCUT2D eigenvalue weighted by molar-refractivity contribution is -0.142. The summed E-state index contributed by atoms with van der Waals surface area (Å²) in [7, 11) is 0. The number of aromatic nitrogens is 2. The van der Waals surface area contributed by atoms with Crippen molar-refractivity contribution in [2.75, 3.05) is 0 Å². The Morgan fingerprint density at radius 1 is 0.330 bits per heavy atom. The van der Waals surface area contributed by atoms with Crippen molar-refractivity contribution in [1.29, 1.82) is 31.6 Å². The van der Waals surface area contributed by atoms with E-state index in [1.165, 1.54) is 48.5 Å². The van der Waals surface area contributed by atoms with Crippen molar-refractivity contribution in [2.45, 2.75) is 12.4 Å². The quantitative estimate of drug-likeness (QED) is 0.114. The minimum absolute atomic E-state index is 0.00346. The van der Waals surface area contributed by atoms with E-state index in [2.05, 4.69) is 44.9 Å². The molecular formula is C71H29F6N11. The molecule has 0 radical (unpaired) electrons. The molecule has 17 heteroatoms. The first-order chi connectivity index (χ1) is 42.4. The molecule has 0 N–H and O–H groups in total. The molecule has 0 amide bonds. The molecule has 0 unspecified atom stereocenters. The fourth-order valence-corrected chi connectivity index (χ4v) is 11.5. The number of nitrogens with zero attached hydrogens (tertiary/aromatic N) is 11. The molecule has 0 aliphatic rings. The topological polar surface area (TPSA) is 166 Å². The molecule has 0 aliphatic heterocycles. The molecule has 2 heterocycles. The second kappa shape index (κ2) is 21.2. The van der Waals surface area contributed by atoms with Crippen LogP contribution in [-0.4, -0.2) is 9.13 Å². The van der Waals surface area contributed by atoms with Gasteiger partial charge in [0.1, 0.15) is 0 Å². The van der Waals surface area contributed by atoms with E-state index in [0.717, 1.165) is 0 Å². The van der Waals surface area contributed by atoms with Gasteiger partial charge in [0.15, 0.2) is 17.1 Å². The van der Waals surface area contributed by atoms with E-state index < -0.39 is 40.2 Å². The largest absolute Gasteiger partial charge is 0.417 e. The number of fused-ring (bicyclic) bond motifs is 6. The highest BCUT2D eigenvalue weighted by atomic mass is 19.4. The number of halogens is 6. The Hall–Kier alpha value is -13.2. The average Bonchev–Trinajstić information content (AvgIpc) is 2.29. The van der Waals surface area contributed by atoms with Crippen LogP contribution in [0.4, 0.5) is 43.4 Å². The molecule has 12 rings (SSSR count). The number of hydrogen-bond acceptors (Lipinski definition) is 6. The number of nitriles is 6. The molecule has 10 aromatic carbocycles. The normalized spacial score (nSPS) is 11.2. The zero-order chi connectivity index (χ0) is 61.9. The predicted octanol–water partition coefficient (Wildman–Crippen LogP) is 19.1. The highest BCUT2D eigenvalue weighted by Crippen LogP contribution is 2.48. The minimum Gasteiger partial charge on any atom is -0.307 e. The maximum atomic E-state index is 15.6. The molecular weight excluding hydrogens is 1120 g/mol. The van der Waals surface area contributed by atoms with Gasteiger partial charge in [-0.25, -0.2) is 14.5 Å². The summed E-state index contributed by atoms with van der Waals surface area (Å²) in [6, 6.07) is 56.0. The third kappa shape index (κ3) is 9.21. The number of benzene rings is 10. The van der Waals surface area contributed by atoms with E-state index in [1.54, 1.807) is 118 Å². The summed E-state index contributed by atoms with van der Waals surface area (Å²) in [5.74, 6) is 0. The summed E-state index contributed by atoms with van der Waals surface area (Å²) in [5.41, 5.74) is 1.58. The Bertz CT molecular complexity index is 5240. The van der Waals surface area contributed by atoms with Gasteiger partial charge in [0.25, 0.3) is 0 Å². The Kier molecular flexibility index (Phi) is 13.3. The van der Waals surface area contributed by atoms with Gasteiger partial charge in [-0.05, 0) is 135 Å². The Labute approximate surface area is 496 Å². The molecule has 0 spiro atoms. The summed E-state index contributed by atoms with van der Waals surface area (Å²) in [5, 5.41) is 64.6. The first-order valence-corrected chi connectivity index (χ1v) is 26.2. The maximum Gasteiger partial charge on any atom is 0.417 e. The molecule has 0 bridgehead atoms. The van der Waals surface area contributed by atoms with Crippen molar-refractivity contribution in [3.05, 3.63) is 255 Å². The lowest BCUT2D eigenvalue weighted by Gasteiger charge is -2.22. The number of alkyl halides is 6. The molecule has 410 valence electrons. The SMILES string of the molecule is [C-]#[N+]c1ccc(-c2ccc3c4ccc(-c5ccc(C#N)cc5C#N)cc4n(-c4cc(C#N)c(-c5ccc(C(F)(F)F)cc5C(F)(F)F)cc4-n4c5cc(-c6ccc([N+]#[C-])cc6C#N)ccc5c5ccc(-c6ccc(C#N)cc6[N+]#[C-])cc54)c3c2)c(C#N)c1. The van der Waals surface area contributed by atoms with Gasteiger partial charge in [-0.2, -0.15) is 57.9 Å². The van der Waals surface area contributed by atoms with Gasteiger partial charge in [0.05, 0.1) is 117 Å². The Morgan fingerprint density at radius 2 is 0.716 bits per heavy atom. The summed E-state index contributed by atoms with van der Waals surface area (Å²) in [4.78, 5) is 10.7. The third-order valence-electron chi connectivity index (χ3n) is 15.5. The molecule has 0 atom stereocenters. The van der Waals surface area contributed by atoms with Crippen LogP contribution in [0.3, 0.4) is 0 Å². The van der Waals surface area contributed by atoms with E-state index in [1.807, 2.05) is 6.07 Å². The highest BCUT2D eigenvalue weighted by Gasteiger charge is 2.39. The molecule has 11 nitrogen and oxygen atoms in total. The van der Waals surface area contributed by atoms with Crippen LogP contribution in [0, 0.1) is 87.7 Å². The first kappa shape index (κ1) is 55.3. The van der Waals surface area contributed by atoms with Gasteiger partial charge in [0, 0.05) is 43.8 Å². The van der Waals surface area contributed by atoms with E-state index in [-0.39, 0.29) is 62.3 Å². The lowest BCUT2D eigenvalue weighted by atomic mass is 9.92. The van der Waals surface area contributed by atoms with E-state index in [4.69, 9.17) is 19.7 Å². The van der Waals surface area contributed by atoms with Crippen LogP contribution in [0.25, 0.3) is 125 Å². The monoisotopic (exact) mass is 1150 g/mol. The lowest BCUT2D eigenvalue weighted by Crippen LogP contribution is -2.13. The van der Waals surface area contributed by atoms with Crippen molar-refractivity contribution >= 4 is 60.7 Å². The summed E-state index contributed by atoms with van der Waals surface area (Å²) in [6.07, 6.45) is -10.6. The molecule has 0 fully saturated rings. The van der Waals surface area contributed by atoms with E-state index in [9.17, 15) is 44.7 Å². The fourth-order valence-electron chi connectivity index (χ4n) is 11.5. The van der Waals surface area contributed by atoms with Gasteiger partial charge < -0.3 is 9.13 Å². The van der Waals surface area contributed by atoms with Gasteiger partial charge in [-0.15, -0.1) is 0 Å². The van der Waals surface area contributed by atoms with Crippen LogP contribution in [0.5, 0.6) is 0 Å². The van der Waals surface area contributed by atoms with Crippen LogP contribution in [0.2, 0.25) is 0 Å². The van der Waals surface area contributed by atoms with Gasteiger partial charge in [0.2, 0.25) is 0 Å². The van der Waals surface area contributed by atoms with E-state index in [0.29, 0.717) is 100 Å². The minimum atomic E-state index is -5.41. The van der Waals surface area contributed by atoms with E-state index >= 15 is 13.2 Å². The Morgan fingerprint density at radius 3 is 1.12 bits per heavy atom. The van der Waals surface area contributed by atoms with Crippen molar-refractivity contribution in [2.24, 2.45) is 0 Å². The smallest absolute Gasteiger partial charge is 0.307 e. The summed E-state index contributed by atoms with van der Waals surface area (Å²) < 4.78 is 93.4. The van der Waals surface area contributed by atoms with Crippen molar-refractivity contribution in [3.8, 4) is 103 Å². The van der Waals surface area contributed by atoms with Crippen molar-refractivity contribution < 1.29 is 26.3 Å². The van der Waals surface area contributed by atoms with Crippen LogP contribution >= 0.6 is 0 Å². The third-order valence-corrected chi connectivity index (χ3v) is 15.5. The maximum absolute atomic E-state index is 15.6. The zero-order valence-corrected chi connectivity index (χ0v) is 44.9. The van der Waals surface area contributed by atoms with Crippen LogP contribution in [-0.2, 0) is 12.4 Å². The predicted molar refractivity (Wildman–Crippen MR) is 319 cm³/mol. The summed E-state index contributed by atoms with van der Waals surface area (Å²) in [6.45, 7) is 23.5. The fraction of sp³-hybridized carbons (Fsp3) is 0.0282. The van der Waals surface area contributed by atoms with Crippen LogP contribution < -0.4 is 0 Å². The number of rotatable bonds is 7. The standard InChI is InChI=1S/C71H29F6N11/c1-84-50-11-20-53(46(24-50)36-81)42-7-16-58-57-15-6-41(52-13-4-39(33-78)22-45(52)35-80)26-64(57)87(65(58)27-42)68-30-48(38-83)61(56-19-10-49(70(72,73)74)31-62(56)71(75,76)77)32-69(68)88-66-28-43(54-21-12-51(85-2)25-47(54)37-82)8-17-59(66)60-18-9-44(29-67(60)88)55-14-5-40(34-79)23-63(55)86-3/h4-32H. The molecule has 88 heavy (non-hydrogen) atoms. The molecule has 2 aromatic heterocycles. The van der Waals surface area contributed by atoms with Crippen molar-refractivity contribution in [1.82, 2.24) is 9.13 Å². The van der Waals surface area contributed by atoms with Crippen LogP contribution in [0.15, 0.2) is 176 Å². The van der Waals surface area contributed by atoms with Crippen molar-refractivity contribution in [3.63, 3.8) is 0 Å². The van der Waals surface area contributed by atoms with Gasteiger partial charge in [-0.1, -0.05) is 91.0 Å². The Balaban J connectivity index is 1.30. The number of hydrogen-bond donors (Lipinski definition) is 0. The highest BCUT2D eigenvalue weighted by molar-refractivity contribution is 6.14. The second-order valence-electron chi connectivity index (χ2n) is 20.2. The molecule has 0 aliphatic carbocycles. The zero-order valence-electron chi connectivity index (χ0n) is 44.9. The first-order valence-electron chi connectivity index (χ1n) is 26.2. The van der Waals surface area contributed by atoms with Gasteiger partial charge in [-0.3, -0.25) is 0 Å². The molecule has 12 aromatic rings.